The summed E-state index contributed by atoms with van der Waals surface area (Å²) in [5.41, 5.74) is 1.19. The molecule has 1 aromatic carbocycles. The molecule has 0 aliphatic carbocycles. The SMILES string of the molecule is Cc1ccc(SCC(=O)NCc2ccc(S(=O)(=O)N3CCCC3)s2)cc1. The summed E-state index contributed by atoms with van der Waals surface area (Å²) in [5, 5.41) is 2.86. The highest BCUT2D eigenvalue weighted by molar-refractivity contribution is 8.00. The van der Waals surface area contributed by atoms with Crippen LogP contribution in [0.5, 0.6) is 0 Å². The van der Waals surface area contributed by atoms with Crippen molar-refractivity contribution in [3.63, 3.8) is 0 Å². The van der Waals surface area contributed by atoms with Crippen molar-refractivity contribution in [2.45, 2.75) is 35.4 Å². The Morgan fingerprint density at radius 3 is 2.54 bits per heavy atom. The van der Waals surface area contributed by atoms with Crippen LogP contribution in [0.4, 0.5) is 0 Å². The lowest BCUT2D eigenvalue weighted by Gasteiger charge is -2.13. The molecule has 3 rings (SSSR count). The maximum atomic E-state index is 12.5. The van der Waals surface area contributed by atoms with Gasteiger partial charge < -0.3 is 5.32 Å². The van der Waals surface area contributed by atoms with Crippen molar-refractivity contribution in [2.75, 3.05) is 18.8 Å². The van der Waals surface area contributed by atoms with Gasteiger partial charge in [0.1, 0.15) is 4.21 Å². The molecule has 8 heteroatoms. The lowest BCUT2D eigenvalue weighted by molar-refractivity contribution is -0.118. The number of carbonyl (C=O) groups is 1. The van der Waals surface area contributed by atoms with Gasteiger partial charge in [-0.05, 0) is 44.0 Å². The first-order chi connectivity index (χ1) is 12.4. The second-order valence-electron chi connectivity index (χ2n) is 6.21. The van der Waals surface area contributed by atoms with Gasteiger partial charge >= 0.3 is 0 Å². The van der Waals surface area contributed by atoms with E-state index in [2.05, 4.69) is 5.32 Å². The number of thioether (sulfide) groups is 1. The molecule has 0 unspecified atom stereocenters. The van der Waals surface area contributed by atoms with Crippen LogP contribution in [0.15, 0.2) is 45.5 Å². The molecule has 1 aliphatic rings. The molecule has 0 bridgehead atoms. The molecule has 1 saturated heterocycles. The van der Waals surface area contributed by atoms with Crippen LogP contribution in [0.25, 0.3) is 0 Å². The van der Waals surface area contributed by atoms with Crippen molar-refractivity contribution in [3.8, 4) is 0 Å². The van der Waals surface area contributed by atoms with E-state index in [0.717, 1.165) is 22.6 Å². The van der Waals surface area contributed by atoms with Crippen LogP contribution in [0.2, 0.25) is 0 Å². The van der Waals surface area contributed by atoms with Crippen molar-refractivity contribution >= 4 is 39.0 Å². The van der Waals surface area contributed by atoms with Crippen LogP contribution in [-0.2, 0) is 21.4 Å². The maximum Gasteiger partial charge on any atom is 0.252 e. The standard InChI is InChI=1S/C18H22N2O3S3/c1-14-4-6-15(7-5-14)24-13-17(21)19-12-16-8-9-18(25-16)26(22,23)20-10-2-3-11-20/h4-9H,2-3,10-13H2,1H3,(H,19,21). The lowest BCUT2D eigenvalue weighted by Crippen LogP contribution is -2.27. The number of aryl methyl sites for hydroxylation is 1. The zero-order valence-corrected chi connectivity index (χ0v) is 17.1. The highest BCUT2D eigenvalue weighted by atomic mass is 32.2. The zero-order valence-electron chi connectivity index (χ0n) is 14.6. The Kier molecular flexibility index (Phi) is 6.39. The lowest BCUT2D eigenvalue weighted by atomic mass is 10.2. The van der Waals surface area contributed by atoms with Gasteiger partial charge in [0.15, 0.2) is 0 Å². The van der Waals surface area contributed by atoms with Gasteiger partial charge in [-0.3, -0.25) is 4.79 Å². The van der Waals surface area contributed by atoms with E-state index in [9.17, 15) is 13.2 Å². The van der Waals surface area contributed by atoms with E-state index in [1.807, 2.05) is 31.2 Å². The minimum absolute atomic E-state index is 0.0621. The Labute approximate surface area is 162 Å². The minimum Gasteiger partial charge on any atom is -0.350 e. The molecule has 1 fully saturated rings. The number of amides is 1. The van der Waals surface area contributed by atoms with E-state index in [4.69, 9.17) is 0 Å². The quantitative estimate of drug-likeness (QED) is 0.712. The summed E-state index contributed by atoms with van der Waals surface area (Å²) >= 11 is 2.72. The summed E-state index contributed by atoms with van der Waals surface area (Å²) in [6.07, 6.45) is 1.85. The molecular formula is C18H22N2O3S3. The first-order valence-corrected chi connectivity index (χ1v) is 11.7. The number of nitrogens with zero attached hydrogens (tertiary/aromatic N) is 1. The number of rotatable bonds is 7. The molecule has 0 spiro atoms. The molecule has 0 radical (unpaired) electrons. The number of carbonyl (C=O) groups excluding carboxylic acids is 1. The molecule has 1 aromatic heterocycles. The Hall–Kier alpha value is -1.35. The number of hydrogen-bond acceptors (Lipinski definition) is 5. The average Bonchev–Trinajstić information content (AvgIpc) is 3.31. The van der Waals surface area contributed by atoms with Crippen LogP contribution < -0.4 is 5.32 Å². The monoisotopic (exact) mass is 410 g/mol. The third kappa shape index (κ3) is 4.88. The number of thiophene rings is 1. The number of nitrogens with one attached hydrogen (secondary N) is 1. The van der Waals surface area contributed by atoms with Gasteiger partial charge in [-0.2, -0.15) is 4.31 Å². The molecule has 1 amide bonds. The van der Waals surface area contributed by atoms with E-state index < -0.39 is 10.0 Å². The van der Waals surface area contributed by atoms with Crippen LogP contribution in [0, 0.1) is 6.92 Å². The molecule has 1 N–H and O–H groups in total. The number of sulfonamides is 1. The molecule has 2 heterocycles. The fourth-order valence-corrected chi connectivity index (χ4v) is 6.36. The van der Waals surface area contributed by atoms with Crippen molar-refractivity contribution in [1.29, 1.82) is 0 Å². The second-order valence-corrected chi connectivity index (χ2v) is 10.6. The van der Waals surface area contributed by atoms with E-state index in [-0.39, 0.29) is 5.91 Å². The topological polar surface area (TPSA) is 66.5 Å². The van der Waals surface area contributed by atoms with Crippen molar-refractivity contribution in [3.05, 3.63) is 46.8 Å². The van der Waals surface area contributed by atoms with Crippen LogP contribution >= 0.6 is 23.1 Å². The molecule has 5 nitrogen and oxygen atoms in total. The molecule has 0 saturated carbocycles. The Morgan fingerprint density at radius 1 is 1.15 bits per heavy atom. The summed E-state index contributed by atoms with van der Waals surface area (Å²) in [5.74, 6) is 0.279. The summed E-state index contributed by atoms with van der Waals surface area (Å²) < 4.78 is 26.9. The fourth-order valence-electron chi connectivity index (χ4n) is 2.67. The largest absolute Gasteiger partial charge is 0.350 e. The molecule has 26 heavy (non-hydrogen) atoms. The highest BCUT2D eigenvalue weighted by Crippen LogP contribution is 2.27. The maximum absolute atomic E-state index is 12.5. The van der Waals surface area contributed by atoms with Gasteiger partial charge in [0.2, 0.25) is 5.91 Å². The van der Waals surface area contributed by atoms with Crippen molar-refractivity contribution < 1.29 is 13.2 Å². The predicted molar refractivity (Wildman–Crippen MR) is 106 cm³/mol. The first kappa shape index (κ1) is 19.4. The average molecular weight is 411 g/mol. The van der Waals surface area contributed by atoms with E-state index in [1.54, 1.807) is 16.4 Å². The minimum atomic E-state index is -3.37. The summed E-state index contributed by atoms with van der Waals surface area (Å²) in [7, 11) is -3.37. The molecular weight excluding hydrogens is 388 g/mol. The van der Waals surface area contributed by atoms with Crippen LogP contribution in [0.1, 0.15) is 23.3 Å². The second kappa shape index (κ2) is 8.56. The Bertz CT molecular complexity index is 854. The van der Waals surface area contributed by atoms with Gasteiger partial charge in [-0.15, -0.1) is 23.1 Å². The van der Waals surface area contributed by atoms with Crippen LogP contribution in [0.3, 0.4) is 0 Å². The normalized spacial score (nSPS) is 15.3. The summed E-state index contributed by atoms with van der Waals surface area (Å²) in [6.45, 7) is 3.58. The van der Waals surface area contributed by atoms with E-state index >= 15 is 0 Å². The zero-order chi connectivity index (χ0) is 18.6. The molecule has 140 valence electrons. The van der Waals surface area contributed by atoms with Crippen molar-refractivity contribution in [1.82, 2.24) is 9.62 Å². The van der Waals surface area contributed by atoms with Gasteiger partial charge in [-0.1, -0.05) is 17.7 Å². The van der Waals surface area contributed by atoms with Crippen LogP contribution in [-0.4, -0.2) is 37.5 Å². The number of hydrogen-bond donors (Lipinski definition) is 1. The molecule has 1 aliphatic heterocycles. The summed E-state index contributed by atoms with van der Waals surface area (Å²) in [4.78, 5) is 13.9. The van der Waals surface area contributed by atoms with Gasteiger partial charge in [0.05, 0.1) is 12.3 Å². The molecule has 0 atom stereocenters. The third-order valence-corrected chi connectivity index (χ3v) is 8.61. The fraction of sp³-hybridized carbons (Fsp3) is 0.389. The van der Waals surface area contributed by atoms with Gasteiger partial charge in [-0.25, -0.2) is 8.42 Å². The smallest absolute Gasteiger partial charge is 0.252 e. The third-order valence-electron chi connectivity index (χ3n) is 4.15. The molecule has 2 aromatic rings. The van der Waals surface area contributed by atoms with E-state index in [1.165, 1.54) is 28.7 Å². The summed E-state index contributed by atoms with van der Waals surface area (Å²) in [6, 6.07) is 11.5. The highest BCUT2D eigenvalue weighted by Gasteiger charge is 2.28. The van der Waals surface area contributed by atoms with Crippen molar-refractivity contribution in [2.24, 2.45) is 0 Å². The Balaban J connectivity index is 1.49. The predicted octanol–water partition coefficient (Wildman–Crippen LogP) is 3.25. The van der Waals surface area contributed by atoms with Gasteiger partial charge in [0, 0.05) is 22.9 Å². The van der Waals surface area contributed by atoms with Gasteiger partial charge in [0.25, 0.3) is 10.0 Å². The first-order valence-electron chi connectivity index (χ1n) is 8.50. The number of benzene rings is 1. The Morgan fingerprint density at radius 2 is 1.85 bits per heavy atom. The van der Waals surface area contributed by atoms with E-state index in [0.29, 0.717) is 29.6 Å².